The van der Waals surface area contributed by atoms with E-state index in [1.807, 2.05) is 51.1 Å². The first-order chi connectivity index (χ1) is 13.5. The number of aryl methyl sites for hydroxylation is 2. The van der Waals surface area contributed by atoms with Gasteiger partial charge < -0.3 is 9.30 Å². The van der Waals surface area contributed by atoms with E-state index < -0.39 is 0 Å². The fourth-order valence-corrected chi connectivity index (χ4v) is 3.70. The Bertz CT molecular complexity index is 981. The van der Waals surface area contributed by atoms with E-state index in [0.717, 1.165) is 42.9 Å². The summed E-state index contributed by atoms with van der Waals surface area (Å²) < 4.78 is 7.92. The second-order valence-corrected chi connectivity index (χ2v) is 7.46. The smallest absolute Gasteiger partial charge is 0.204 e. The quantitative estimate of drug-likeness (QED) is 0.615. The molecule has 0 spiro atoms. The molecule has 0 amide bonds. The number of ketones is 1. The zero-order valence-electron chi connectivity index (χ0n) is 16.6. The molecule has 1 saturated heterocycles. The minimum absolute atomic E-state index is 0.0143. The standard InChI is InChI=1S/C21H25N5O2/c1-14-6-8-17(9-7-14)21-22-24-26(23-21)13-20(27)19-11-15(2)25(16(19)3)12-18-5-4-10-28-18/h6-9,11,18H,4-5,10,12-13H2,1-3H3. The van der Waals surface area contributed by atoms with Crippen molar-refractivity contribution in [2.24, 2.45) is 0 Å². The molecule has 28 heavy (non-hydrogen) atoms. The number of carbonyl (C=O) groups excluding carboxylic acids is 1. The third kappa shape index (κ3) is 3.75. The number of hydrogen-bond donors (Lipinski definition) is 0. The van der Waals surface area contributed by atoms with Gasteiger partial charge in [-0.3, -0.25) is 4.79 Å². The third-order valence-electron chi connectivity index (χ3n) is 5.33. The van der Waals surface area contributed by atoms with E-state index in [1.165, 1.54) is 10.4 Å². The molecule has 0 saturated carbocycles. The first kappa shape index (κ1) is 18.6. The minimum atomic E-state index is -0.0143. The number of rotatable bonds is 6. The van der Waals surface area contributed by atoms with Crippen LogP contribution in [0.2, 0.25) is 0 Å². The predicted molar refractivity (Wildman–Crippen MR) is 105 cm³/mol. The zero-order chi connectivity index (χ0) is 19.7. The normalized spacial score (nSPS) is 16.6. The van der Waals surface area contributed by atoms with Crippen molar-refractivity contribution < 1.29 is 9.53 Å². The highest BCUT2D eigenvalue weighted by molar-refractivity contribution is 5.97. The van der Waals surface area contributed by atoms with Crippen molar-refractivity contribution in [3.8, 4) is 11.4 Å². The van der Waals surface area contributed by atoms with Crippen molar-refractivity contribution >= 4 is 5.78 Å². The van der Waals surface area contributed by atoms with E-state index in [4.69, 9.17) is 4.74 Å². The fourth-order valence-electron chi connectivity index (χ4n) is 3.70. The van der Waals surface area contributed by atoms with Crippen molar-refractivity contribution in [1.82, 2.24) is 24.8 Å². The highest BCUT2D eigenvalue weighted by Gasteiger charge is 2.21. The van der Waals surface area contributed by atoms with Gasteiger partial charge in [-0.05, 0) is 44.9 Å². The average molecular weight is 379 g/mol. The minimum Gasteiger partial charge on any atom is -0.376 e. The number of ether oxygens (including phenoxy) is 1. The van der Waals surface area contributed by atoms with E-state index in [1.54, 1.807) is 0 Å². The molecule has 3 aromatic rings. The molecule has 7 nitrogen and oxygen atoms in total. The monoisotopic (exact) mass is 379 g/mol. The summed E-state index contributed by atoms with van der Waals surface area (Å²) in [5.74, 6) is 0.510. The number of aromatic nitrogens is 5. The van der Waals surface area contributed by atoms with Gasteiger partial charge >= 0.3 is 0 Å². The first-order valence-electron chi connectivity index (χ1n) is 9.67. The lowest BCUT2D eigenvalue weighted by atomic mass is 10.1. The summed E-state index contributed by atoms with van der Waals surface area (Å²) >= 11 is 0. The molecule has 0 aliphatic carbocycles. The van der Waals surface area contributed by atoms with Gasteiger partial charge in [0.1, 0.15) is 6.54 Å². The van der Waals surface area contributed by atoms with Gasteiger partial charge in [-0.2, -0.15) is 4.80 Å². The maximum Gasteiger partial charge on any atom is 0.204 e. The molecule has 1 atom stereocenters. The Morgan fingerprint density at radius 2 is 2.00 bits per heavy atom. The molecule has 1 aliphatic heterocycles. The van der Waals surface area contributed by atoms with Crippen molar-refractivity contribution in [1.29, 1.82) is 0 Å². The molecule has 1 fully saturated rings. The molecule has 1 aliphatic rings. The van der Waals surface area contributed by atoms with E-state index in [-0.39, 0.29) is 18.4 Å². The summed E-state index contributed by atoms with van der Waals surface area (Å²) in [7, 11) is 0. The molecule has 1 aromatic carbocycles. The molecule has 0 bridgehead atoms. The Labute approximate surface area is 164 Å². The van der Waals surface area contributed by atoms with Crippen LogP contribution in [0.15, 0.2) is 30.3 Å². The number of Topliss-reactive ketones (excluding diaryl/α,β-unsaturated/α-hetero) is 1. The van der Waals surface area contributed by atoms with Crippen LogP contribution >= 0.6 is 0 Å². The number of nitrogens with zero attached hydrogens (tertiary/aromatic N) is 5. The Balaban J connectivity index is 1.49. The lowest BCUT2D eigenvalue weighted by Gasteiger charge is -2.14. The van der Waals surface area contributed by atoms with Gasteiger partial charge in [0.2, 0.25) is 5.82 Å². The molecule has 1 unspecified atom stereocenters. The maximum atomic E-state index is 12.9. The Kier molecular flexibility index (Phi) is 5.09. The van der Waals surface area contributed by atoms with E-state index in [9.17, 15) is 4.79 Å². The summed E-state index contributed by atoms with van der Waals surface area (Å²) in [6.07, 6.45) is 2.42. The summed E-state index contributed by atoms with van der Waals surface area (Å²) in [4.78, 5) is 14.2. The Hall–Kier alpha value is -2.80. The van der Waals surface area contributed by atoms with Crippen LogP contribution in [0, 0.1) is 20.8 Å². The molecule has 4 rings (SSSR count). The first-order valence-corrected chi connectivity index (χ1v) is 9.67. The van der Waals surface area contributed by atoms with Crippen LogP contribution in [0.4, 0.5) is 0 Å². The second-order valence-electron chi connectivity index (χ2n) is 7.46. The van der Waals surface area contributed by atoms with Crippen LogP contribution in [0.3, 0.4) is 0 Å². The third-order valence-corrected chi connectivity index (χ3v) is 5.33. The van der Waals surface area contributed by atoms with Crippen molar-refractivity contribution in [2.45, 2.75) is 52.8 Å². The SMILES string of the molecule is Cc1ccc(-c2nnn(CC(=O)c3cc(C)n(CC4CCCO4)c3C)n2)cc1. The van der Waals surface area contributed by atoms with Gasteiger partial charge in [0.05, 0.1) is 6.10 Å². The average Bonchev–Trinajstić information content (AvgIpc) is 3.40. The number of tetrazole rings is 1. The van der Waals surface area contributed by atoms with Crippen LogP contribution in [0.1, 0.15) is 40.2 Å². The lowest BCUT2D eigenvalue weighted by Crippen LogP contribution is -2.18. The van der Waals surface area contributed by atoms with Crippen LogP contribution in [-0.4, -0.2) is 43.3 Å². The highest BCUT2D eigenvalue weighted by atomic mass is 16.5. The fraction of sp³-hybridized carbons (Fsp3) is 0.429. The van der Waals surface area contributed by atoms with Gasteiger partial charge in [0, 0.05) is 35.7 Å². The van der Waals surface area contributed by atoms with Gasteiger partial charge in [-0.1, -0.05) is 29.8 Å². The topological polar surface area (TPSA) is 74.8 Å². The van der Waals surface area contributed by atoms with Gasteiger partial charge in [-0.25, -0.2) is 0 Å². The van der Waals surface area contributed by atoms with Crippen LogP contribution in [0.25, 0.3) is 11.4 Å². The molecular weight excluding hydrogens is 354 g/mol. The van der Waals surface area contributed by atoms with Gasteiger partial charge in [0.15, 0.2) is 5.78 Å². The Morgan fingerprint density at radius 1 is 1.21 bits per heavy atom. The molecule has 0 radical (unpaired) electrons. The number of benzene rings is 1. The summed E-state index contributed by atoms with van der Waals surface area (Å²) in [5.41, 5.74) is 4.81. The van der Waals surface area contributed by atoms with Crippen molar-refractivity contribution in [3.63, 3.8) is 0 Å². The van der Waals surface area contributed by atoms with Crippen LogP contribution in [0.5, 0.6) is 0 Å². The molecular formula is C21H25N5O2. The van der Waals surface area contributed by atoms with Crippen LogP contribution in [-0.2, 0) is 17.8 Å². The van der Waals surface area contributed by atoms with Gasteiger partial charge in [0.25, 0.3) is 0 Å². The van der Waals surface area contributed by atoms with Crippen molar-refractivity contribution in [2.75, 3.05) is 6.61 Å². The zero-order valence-corrected chi connectivity index (χ0v) is 16.6. The highest BCUT2D eigenvalue weighted by Crippen LogP contribution is 2.21. The molecule has 0 N–H and O–H groups in total. The predicted octanol–water partition coefficient (Wildman–Crippen LogP) is 3.13. The molecule has 3 heterocycles. The summed E-state index contributed by atoms with van der Waals surface area (Å²) in [6.45, 7) is 7.75. The number of hydrogen-bond acceptors (Lipinski definition) is 5. The second kappa shape index (κ2) is 7.67. The maximum absolute atomic E-state index is 12.9. The molecule has 7 heteroatoms. The Morgan fingerprint density at radius 3 is 2.71 bits per heavy atom. The molecule has 146 valence electrons. The largest absolute Gasteiger partial charge is 0.376 e. The summed E-state index contributed by atoms with van der Waals surface area (Å²) in [5, 5.41) is 12.5. The lowest BCUT2D eigenvalue weighted by molar-refractivity contribution is 0.0943. The van der Waals surface area contributed by atoms with Crippen molar-refractivity contribution in [3.05, 3.63) is 52.8 Å². The van der Waals surface area contributed by atoms with E-state index >= 15 is 0 Å². The molecule has 2 aromatic heterocycles. The van der Waals surface area contributed by atoms with E-state index in [2.05, 4.69) is 20.0 Å². The summed E-state index contributed by atoms with van der Waals surface area (Å²) in [6, 6.07) is 9.87. The number of carbonyl (C=O) groups is 1. The van der Waals surface area contributed by atoms with Gasteiger partial charge in [-0.15, -0.1) is 10.2 Å². The van der Waals surface area contributed by atoms with E-state index in [0.29, 0.717) is 11.4 Å². The van der Waals surface area contributed by atoms with Crippen LogP contribution < -0.4 is 0 Å².